The van der Waals surface area contributed by atoms with Gasteiger partial charge in [0.2, 0.25) is 11.8 Å². The van der Waals surface area contributed by atoms with Gasteiger partial charge in [-0.3, -0.25) is 14.4 Å². The Morgan fingerprint density at radius 2 is 1.60 bits per heavy atom. The maximum absolute atomic E-state index is 13.9. The topological polar surface area (TPSA) is 150 Å². The van der Waals surface area contributed by atoms with Crippen molar-refractivity contribution in [1.29, 1.82) is 0 Å². The Hall–Kier alpha value is -4.34. The summed E-state index contributed by atoms with van der Waals surface area (Å²) >= 11 is 0. The molecule has 4 fully saturated rings. The monoisotopic (exact) mass is 614 g/mol. The number of carboxylic acids is 1. The molecule has 0 aliphatic heterocycles. The van der Waals surface area contributed by atoms with Gasteiger partial charge in [-0.2, -0.15) is 0 Å². The first kappa shape index (κ1) is 30.7. The highest BCUT2D eigenvalue weighted by atomic mass is 16.6. The van der Waals surface area contributed by atoms with Crippen molar-refractivity contribution >= 4 is 40.5 Å². The van der Waals surface area contributed by atoms with Crippen molar-refractivity contribution in [2.45, 2.75) is 76.4 Å². The molecule has 5 N–H and O–H groups in total. The summed E-state index contributed by atoms with van der Waals surface area (Å²) in [5.41, 5.74) is 1.94. The number of hydrogen-bond acceptors (Lipinski definition) is 5. The zero-order chi connectivity index (χ0) is 31.6. The number of aromatic nitrogens is 1. The smallest absolute Gasteiger partial charge is 0.408 e. The third-order valence-corrected chi connectivity index (χ3v) is 10.0. The molecular formula is C35H42N4O6. The van der Waals surface area contributed by atoms with E-state index in [0.29, 0.717) is 23.9 Å². The molecule has 0 saturated heterocycles. The quantitative estimate of drug-likeness (QED) is 0.190. The summed E-state index contributed by atoms with van der Waals surface area (Å²) in [4.78, 5) is 53.7. The molecule has 3 amide bonds. The van der Waals surface area contributed by atoms with E-state index < -0.39 is 17.6 Å². The number of benzene rings is 2. The highest BCUT2D eigenvalue weighted by molar-refractivity contribution is 5.93. The summed E-state index contributed by atoms with van der Waals surface area (Å²) < 4.78 is 6.13. The van der Waals surface area contributed by atoms with Gasteiger partial charge >= 0.3 is 12.1 Å². The van der Waals surface area contributed by atoms with Gasteiger partial charge in [0.25, 0.3) is 0 Å². The van der Waals surface area contributed by atoms with E-state index >= 15 is 0 Å². The standard InChI is InChI=1S/C35H42N4O6/c1-35(19-26-20-37-29-9-5-3-7-27(26)29,39-34(44)45-32-24-15-21-14-22(17-24)18-25(32)16-21)33(43)36-13-12-23-6-2-4-8-28(23)38-30(40)10-11-31(41)42/h2-9,20-22,24-25,32,37H,10-19H2,1H3,(H,36,43)(H,38,40)(H,39,44)(H,41,42). The maximum atomic E-state index is 13.9. The zero-order valence-electron chi connectivity index (χ0n) is 25.6. The van der Waals surface area contributed by atoms with E-state index in [1.54, 1.807) is 19.1 Å². The summed E-state index contributed by atoms with van der Waals surface area (Å²) in [7, 11) is 0. The molecule has 3 aromatic rings. The van der Waals surface area contributed by atoms with E-state index in [1.807, 2.05) is 42.6 Å². The van der Waals surface area contributed by atoms with Crippen LogP contribution in [0.2, 0.25) is 0 Å². The Bertz CT molecular complexity index is 1550. The third kappa shape index (κ3) is 7.00. The number of alkyl carbamates (subject to hydrolysis) is 1. The lowest BCUT2D eigenvalue weighted by atomic mass is 9.55. The number of nitrogens with one attached hydrogen (secondary N) is 4. The predicted octanol–water partition coefficient (Wildman–Crippen LogP) is 5.18. The maximum Gasteiger partial charge on any atom is 0.408 e. The average molecular weight is 615 g/mol. The summed E-state index contributed by atoms with van der Waals surface area (Å²) in [6.45, 7) is 2.00. The summed E-state index contributed by atoms with van der Waals surface area (Å²) in [6.07, 6.45) is 7.34. The van der Waals surface area contributed by atoms with Gasteiger partial charge in [-0.05, 0) is 92.4 Å². The number of para-hydroxylation sites is 2. The molecule has 1 aromatic heterocycles. The number of aliphatic carboxylic acids is 1. The van der Waals surface area contributed by atoms with E-state index in [0.717, 1.165) is 59.5 Å². The summed E-state index contributed by atoms with van der Waals surface area (Å²) in [5.74, 6) is 0.580. The Morgan fingerprint density at radius 3 is 2.33 bits per heavy atom. The van der Waals surface area contributed by atoms with Crippen LogP contribution in [0.1, 0.15) is 63.0 Å². The minimum absolute atomic E-state index is 0.0968. The molecule has 238 valence electrons. The lowest BCUT2D eigenvalue weighted by Crippen LogP contribution is -2.60. The highest BCUT2D eigenvalue weighted by Gasteiger charge is 2.50. The Morgan fingerprint density at radius 1 is 0.911 bits per heavy atom. The zero-order valence-corrected chi connectivity index (χ0v) is 25.6. The number of ether oxygens (including phenoxy) is 1. The van der Waals surface area contributed by atoms with E-state index in [1.165, 1.54) is 6.42 Å². The number of amides is 3. The van der Waals surface area contributed by atoms with Crippen molar-refractivity contribution in [2.75, 3.05) is 11.9 Å². The molecule has 4 aliphatic carbocycles. The molecular weight excluding hydrogens is 572 g/mol. The minimum Gasteiger partial charge on any atom is -0.481 e. The van der Waals surface area contributed by atoms with Gasteiger partial charge in [-0.15, -0.1) is 0 Å². The lowest BCUT2D eigenvalue weighted by molar-refractivity contribution is -0.138. The SMILES string of the molecule is CC(Cc1c[nH]c2ccccc12)(NC(=O)OC1C2CC3CC(C2)CC1C3)C(=O)NCCc1ccccc1NC(=O)CCC(=O)O. The second-order valence-electron chi connectivity index (χ2n) is 13.4. The fourth-order valence-corrected chi connectivity index (χ4v) is 8.09. The largest absolute Gasteiger partial charge is 0.481 e. The molecule has 45 heavy (non-hydrogen) atoms. The number of fused-ring (bicyclic) bond motifs is 1. The van der Waals surface area contributed by atoms with Gasteiger partial charge in [0, 0.05) is 42.2 Å². The first-order chi connectivity index (χ1) is 21.7. The molecule has 1 atom stereocenters. The number of rotatable bonds is 12. The van der Waals surface area contributed by atoms with Crippen LogP contribution in [0, 0.1) is 23.7 Å². The van der Waals surface area contributed by atoms with E-state index in [9.17, 15) is 19.2 Å². The minimum atomic E-state index is -1.29. The number of hydrogen-bond donors (Lipinski definition) is 5. The first-order valence-corrected chi connectivity index (χ1v) is 16.1. The molecule has 7 rings (SSSR count). The van der Waals surface area contributed by atoms with Crippen LogP contribution in [0.3, 0.4) is 0 Å². The fraction of sp³-hybridized carbons (Fsp3) is 0.486. The molecule has 1 heterocycles. The highest BCUT2D eigenvalue weighted by Crippen LogP contribution is 2.54. The third-order valence-electron chi connectivity index (χ3n) is 10.0. The van der Waals surface area contributed by atoms with Crippen molar-refractivity contribution in [3.63, 3.8) is 0 Å². The second-order valence-corrected chi connectivity index (χ2v) is 13.4. The van der Waals surface area contributed by atoms with Gasteiger partial charge in [-0.25, -0.2) is 4.79 Å². The van der Waals surface area contributed by atoms with Gasteiger partial charge in [-0.1, -0.05) is 36.4 Å². The fourth-order valence-electron chi connectivity index (χ4n) is 8.09. The summed E-state index contributed by atoms with van der Waals surface area (Å²) in [5, 5.41) is 18.6. The molecule has 4 saturated carbocycles. The Labute approximate surface area is 262 Å². The van der Waals surface area contributed by atoms with Crippen LogP contribution in [0.4, 0.5) is 10.5 Å². The van der Waals surface area contributed by atoms with Crippen molar-refractivity contribution in [2.24, 2.45) is 23.7 Å². The molecule has 4 bridgehead atoms. The number of H-pyrrole nitrogens is 1. The molecule has 10 heteroatoms. The first-order valence-electron chi connectivity index (χ1n) is 16.1. The van der Waals surface area contributed by atoms with Gasteiger partial charge in [0.1, 0.15) is 11.6 Å². The normalized spacial score (nSPS) is 24.5. The predicted molar refractivity (Wildman–Crippen MR) is 170 cm³/mol. The average Bonchev–Trinajstić information content (AvgIpc) is 3.40. The molecule has 0 spiro atoms. The van der Waals surface area contributed by atoms with Crippen LogP contribution in [0.5, 0.6) is 0 Å². The number of anilines is 1. The number of aromatic amines is 1. The molecule has 4 aliphatic rings. The molecule has 10 nitrogen and oxygen atoms in total. The number of carboxylic acid groups (broad SMARTS) is 1. The second kappa shape index (κ2) is 12.9. The number of carbonyl (C=O) groups excluding carboxylic acids is 3. The number of carbonyl (C=O) groups is 4. The Kier molecular flexibility index (Phi) is 8.83. The molecule has 0 radical (unpaired) electrons. The van der Waals surface area contributed by atoms with E-state index in [2.05, 4.69) is 20.9 Å². The van der Waals surface area contributed by atoms with Crippen LogP contribution in [0.15, 0.2) is 54.7 Å². The van der Waals surface area contributed by atoms with Crippen molar-refractivity contribution < 1.29 is 29.0 Å². The van der Waals surface area contributed by atoms with Gasteiger partial charge in [0.05, 0.1) is 6.42 Å². The van der Waals surface area contributed by atoms with Crippen LogP contribution in [-0.2, 0) is 32.0 Å². The Balaban J connectivity index is 1.13. The van der Waals surface area contributed by atoms with Crippen molar-refractivity contribution in [3.8, 4) is 0 Å². The summed E-state index contributed by atoms with van der Waals surface area (Å²) in [6, 6.07) is 15.1. The van der Waals surface area contributed by atoms with Crippen molar-refractivity contribution in [3.05, 3.63) is 65.9 Å². The van der Waals surface area contributed by atoms with E-state index in [-0.39, 0.29) is 43.7 Å². The van der Waals surface area contributed by atoms with Crippen molar-refractivity contribution in [1.82, 2.24) is 15.6 Å². The molecule has 1 unspecified atom stereocenters. The van der Waals surface area contributed by atoms with Crippen LogP contribution < -0.4 is 16.0 Å². The van der Waals surface area contributed by atoms with Crippen LogP contribution >= 0.6 is 0 Å². The van der Waals surface area contributed by atoms with E-state index in [4.69, 9.17) is 9.84 Å². The van der Waals surface area contributed by atoms with Gasteiger partial charge in [0.15, 0.2) is 0 Å². The van der Waals surface area contributed by atoms with Crippen LogP contribution in [-0.4, -0.2) is 52.2 Å². The van der Waals surface area contributed by atoms with Crippen LogP contribution in [0.25, 0.3) is 10.9 Å². The lowest BCUT2D eigenvalue weighted by Gasteiger charge is -2.53. The molecule has 2 aromatic carbocycles. The van der Waals surface area contributed by atoms with Gasteiger partial charge < -0.3 is 30.8 Å².